The third-order valence-electron chi connectivity index (χ3n) is 5.07. The van der Waals surface area contributed by atoms with Gasteiger partial charge in [0.15, 0.2) is 0 Å². The third kappa shape index (κ3) is 5.11. The molecule has 2 heterocycles. The lowest BCUT2D eigenvalue weighted by molar-refractivity contribution is 0.135. The number of aryl methyl sites for hydroxylation is 1. The van der Waals surface area contributed by atoms with Crippen LogP contribution in [-0.4, -0.2) is 65.9 Å². The Labute approximate surface area is 167 Å². The van der Waals surface area contributed by atoms with Crippen molar-refractivity contribution < 1.29 is 9.84 Å². The summed E-state index contributed by atoms with van der Waals surface area (Å²) in [4.78, 5) is 13.9. The van der Waals surface area contributed by atoms with E-state index in [4.69, 9.17) is 4.74 Å². The molecule has 1 atom stereocenters. The summed E-state index contributed by atoms with van der Waals surface area (Å²) in [5.74, 6) is 2.49. The van der Waals surface area contributed by atoms with Gasteiger partial charge in [-0.15, -0.1) is 0 Å². The van der Waals surface area contributed by atoms with Crippen molar-refractivity contribution in [3.8, 4) is 5.75 Å². The van der Waals surface area contributed by atoms with Crippen molar-refractivity contribution in [2.75, 3.05) is 50.1 Å². The average molecular weight is 386 g/mol. The Balaban J connectivity index is 1.69. The second kappa shape index (κ2) is 9.71. The number of ether oxygens (including phenoxy) is 1. The molecule has 1 aromatic carbocycles. The second-order valence-electron chi connectivity index (χ2n) is 7.10. The van der Waals surface area contributed by atoms with Crippen molar-refractivity contribution in [2.45, 2.75) is 32.9 Å². The molecule has 0 radical (unpaired) electrons. The lowest BCUT2D eigenvalue weighted by Gasteiger charge is -2.41. The largest absolute Gasteiger partial charge is 0.494 e. The summed E-state index contributed by atoms with van der Waals surface area (Å²) < 4.78 is 5.53. The summed E-state index contributed by atoms with van der Waals surface area (Å²) in [5, 5.41) is 12.7. The van der Waals surface area contributed by atoms with Crippen LogP contribution in [-0.2, 0) is 6.54 Å². The van der Waals surface area contributed by atoms with Gasteiger partial charge >= 0.3 is 0 Å². The number of nitrogens with zero attached hydrogens (tertiary/aromatic N) is 4. The number of rotatable bonds is 8. The Morgan fingerprint density at radius 3 is 2.68 bits per heavy atom. The van der Waals surface area contributed by atoms with Crippen LogP contribution in [0.25, 0.3) is 0 Å². The Hall–Kier alpha value is -2.38. The minimum absolute atomic E-state index is 0.175. The molecular formula is C21H31N5O2. The fraction of sp³-hybridized carbons (Fsp3) is 0.524. The Morgan fingerprint density at radius 1 is 1.21 bits per heavy atom. The monoisotopic (exact) mass is 385 g/mol. The first-order valence-corrected chi connectivity index (χ1v) is 9.98. The number of hydrogen-bond acceptors (Lipinski definition) is 7. The molecule has 28 heavy (non-hydrogen) atoms. The van der Waals surface area contributed by atoms with E-state index < -0.39 is 0 Å². The molecule has 0 saturated carbocycles. The molecule has 0 amide bonds. The van der Waals surface area contributed by atoms with E-state index in [2.05, 4.69) is 37.2 Å². The highest BCUT2D eigenvalue weighted by Gasteiger charge is 2.28. The Morgan fingerprint density at radius 2 is 2.00 bits per heavy atom. The number of anilines is 2. The Kier molecular flexibility index (Phi) is 7.06. The first-order valence-electron chi connectivity index (χ1n) is 9.98. The molecule has 1 aromatic heterocycles. The van der Waals surface area contributed by atoms with Crippen molar-refractivity contribution >= 4 is 11.8 Å². The van der Waals surface area contributed by atoms with E-state index in [1.165, 1.54) is 5.56 Å². The summed E-state index contributed by atoms with van der Waals surface area (Å²) in [6.45, 7) is 8.27. The maximum atomic E-state index is 9.58. The van der Waals surface area contributed by atoms with Gasteiger partial charge in [-0.2, -0.15) is 4.98 Å². The van der Waals surface area contributed by atoms with Gasteiger partial charge in [-0.1, -0.05) is 12.1 Å². The molecule has 3 rings (SSSR count). The van der Waals surface area contributed by atoms with E-state index >= 15 is 0 Å². The molecule has 152 valence electrons. The predicted octanol–water partition coefficient (Wildman–Crippen LogP) is 2.30. The molecule has 0 bridgehead atoms. The van der Waals surface area contributed by atoms with Crippen LogP contribution in [0.3, 0.4) is 0 Å². The van der Waals surface area contributed by atoms with Gasteiger partial charge in [0.05, 0.1) is 6.61 Å². The van der Waals surface area contributed by atoms with E-state index in [0.29, 0.717) is 6.61 Å². The van der Waals surface area contributed by atoms with Gasteiger partial charge in [-0.25, -0.2) is 4.98 Å². The third-order valence-corrected chi connectivity index (χ3v) is 5.07. The summed E-state index contributed by atoms with van der Waals surface area (Å²) >= 11 is 0. The number of benzene rings is 1. The maximum absolute atomic E-state index is 9.58. The van der Waals surface area contributed by atoms with E-state index in [1.54, 1.807) is 0 Å². The van der Waals surface area contributed by atoms with Crippen LogP contribution < -0.4 is 15.0 Å². The molecule has 1 unspecified atom stereocenters. The zero-order valence-electron chi connectivity index (χ0n) is 17.1. The van der Waals surface area contributed by atoms with Crippen LogP contribution in [0.4, 0.5) is 11.8 Å². The highest BCUT2D eigenvalue weighted by atomic mass is 16.5. The van der Waals surface area contributed by atoms with Gasteiger partial charge in [0.25, 0.3) is 0 Å². The quantitative estimate of drug-likeness (QED) is 0.722. The number of aliphatic hydroxyl groups excluding tert-OH is 1. The summed E-state index contributed by atoms with van der Waals surface area (Å²) in [7, 11) is 1.87. The summed E-state index contributed by atoms with van der Waals surface area (Å²) in [6.07, 6.45) is 0.734. The highest BCUT2D eigenvalue weighted by Crippen LogP contribution is 2.22. The molecule has 7 nitrogen and oxygen atoms in total. The molecule has 2 aromatic rings. The number of hydrogen-bond donors (Lipinski definition) is 2. The highest BCUT2D eigenvalue weighted by molar-refractivity contribution is 5.43. The van der Waals surface area contributed by atoms with E-state index in [0.717, 1.165) is 55.8 Å². The summed E-state index contributed by atoms with van der Waals surface area (Å²) in [5.41, 5.74) is 2.20. The second-order valence-corrected chi connectivity index (χ2v) is 7.10. The number of nitrogens with one attached hydrogen (secondary N) is 1. The van der Waals surface area contributed by atoms with Crippen molar-refractivity contribution in [1.82, 2.24) is 14.9 Å². The van der Waals surface area contributed by atoms with Gasteiger partial charge in [-0.05, 0) is 38.0 Å². The van der Waals surface area contributed by atoms with Crippen molar-refractivity contribution in [1.29, 1.82) is 0 Å². The Bertz CT molecular complexity index is 753. The van der Waals surface area contributed by atoms with E-state index in [-0.39, 0.29) is 12.6 Å². The van der Waals surface area contributed by atoms with Crippen LogP contribution in [0, 0.1) is 6.92 Å². The lowest BCUT2D eigenvalue weighted by Crippen LogP contribution is -2.53. The molecule has 0 aliphatic carbocycles. The van der Waals surface area contributed by atoms with Gasteiger partial charge < -0.3 is 20.1 Å². The van der Waals surface area contributed by atoms with Gasteiger partial charge in [0, 0.05) is 57.6 Å². The van der Waals surface area contributed by atoms with Crippen LogP contribution in [0.2, 0.25) is 0 Å². The van der Waals surface area contributed by atoms with Crippen molar-refractivity contribution in [3.05, 3.63) is 41.6 Å². The molecule has 7 heteroatoms. The molecule has 1 aliphatic heterocycles. The molecule has 1 saturated heterocycles. The maximum Gasteiger partial charge on any atom is 0.227 e. The number of aromatic nitrogens is 2. The predicted molar refractivity (Wildman–Crippen MR) is 112 cm³/mol. The minimum atomic E-state index is 0.175. The van der Waals surface area contributed by atoms with Crippen molar-refractivity contribution in [2.24, 2.45) is 0 Å². The molecule has 2 N–H and O–H groups in total. The van der Waals surface area contributed by atoms with Crippen LogP contribution in [0.15, 0.2) is 30.3 Å². The van der Waals surface area contributed by atoms with Crippen molar-refractivity contribution in [3.63, 3.8) is 0 Å². The van der Waals surface area contributed by atoms with Crippen LogP contribution in [0.5, 0.6) is 5.75 Å². The smallest absolute Gasteiger partial charge is 0.227 e. The van der Waals surface area contributed by atoms with Gasteiger partial charge in [0.1, 0.15) is 11.6 Å². The van der Waals surface area contributed by atoms with Gasteiger partial charge in [-0.3, -0.25) is 4.90 Å². The van der Waals surface area contributed by atoms with Gasteiger partial charge in [0.2, 0.25) is 5.95 Å². The molecular weight excluding hydrogens is 354 g/mol. The lowest BCUT2D eigenvalue weighted by atomic mass is 10.1. The molecule has 1 fully saturated rings. The zero-order valence-corrected chi connectivity index (χ0v) is 17.1. The fourth-order valence-corrected chi connectivity index (χ4v) is 3.62. The number of piperazine rings is 1. The molecule has 0 spiro atoms. The first-order chi connectivity index (χ1) is 13.6. The first kappa shape index (κ1) is 20.4. The van der Waals surface area contributed by atoms with Crippen LogP contribution in [0.1, 0.15) is 24.6 Å². The zero-order chi connectivity index (χ0) is 19.9. The average Bonchev–Trinajstić information content (AvgIpc) is 2.70. The number of aliphatic hydroxyl groups is 1. The SMILES string of the molecule is CCOc1ccc(CN2CCN(c3nc(C)cc(NC)n3)CC2CCO)cc1. The van der Waals surface area contributed by atoms with E-state index in [1.807, 2.05) is 39.1 Å². The standard InChI is InChI=1S/C21H31N5O2/c1-4-28-19-7-5-17(6-8-19)14-25-10-11-26(15-18(25)9-12-27)21-23-16(2)13-20(22-3)24-21/h5-8,13,18,27H,4,9-12,14-15H2,1-3H3,(H,22,23,24). The normalized spacial score (nSPS) is 17.6. The minimum Gasteiger partial charge on any atom is -0.494 e. The van der Waals surface area contributed by atoms with E-state index in [9.17, 15) is 5.11 Å². The van der Waals surface area contributed by atoms with Crippen LogP contribution >= 0.6 is 0 Å². The summed E-state index contributed by atoms with van der Waals surface area (Å²) in [6, 6.07) is 10.5. The topological polar surface area (TPSA) is 73.8 Å². The fourth-order valence-electron chi connectivity index (χ4n) is 3.62. The molecule has 1 aliphatic rings.